The van der Waals surface area contributed by atoms with Crippen LogP contribution in [-0.2, 0) is 0 Å². The Morgan fingerprint density at radius 3 is 2.94 bits per heavy atom. The maximum absolute atomic E-state index is 4.63. The predicted octanol–water partition coefficient (Wildman–Crippen LogP) is 5.43. The van der Waals surface area contributed by atoms with Crippen molar-refractivity contribution in [2.45, 2.75) is 30.4 Å². The van der Waals surface area contributed by atoms with Gasteiger partial charge in [0.15, 0.2) is 4.34 Å². The number of nitrogens with zero attached hydrogens (tertiary/aromatic N) is 1. The summed E-state index contributed by atoms with van der Waals surface area (Å²) in [6, 6.07) is 8.33. The Labute approximate surface area is 121 Å². The Balaban J connectivity index is 1.90. The first kappa shape index (κ1) is 14.0. The highest BCUT2D eigenvalue weighted by atomic mass is 32.2. The number of benzene rings is 1. The highest BCUT2D eigenvalue weighted by Gasteiger charge is 2.07. The fraction of sp³-hybridized carbons (Fsp3) is 0.357. The number of thiazole rings is 1. The molecule has 1 aromatic carbocycles. The summed E-state index contributed by atoms with van der Waals surface area (Å²) in [6.07, 6.45) is 2.19. The highest BCUT2D eigenvalue weighted by Crippen LogP contribution is 2.33. The Hall–Kier alpha value is -0.450. The van der Waals surface area contributed by atoms with E-state index >= 15 is 0 Å². The minimum absolute atomic E-state index is 0.594. The zero-order valence-corrected chi connectivity index (χ0v) is 13.3. The molecule has 96 valence electrons. The van der Waals surface area contributed by atoms with Crippen LogP contribution in [0.1, 0.15) is 20.8 Å². The zero-order chi connectivity index (χ0) is 13.0. The second-order valence-corrected chi connectivity index (χ2v) is 8.00. The van der Waals surface area contributed by atoms with Gasteiger partial charge >= 0.3 is 0 Å². The van der Waals surface area contributed by atoms with E-state index in [1.165, 1.54) is 14.6 Å². The van der Waals surface area contributed by atoms with Gasteiger partial charge in [-0.15, -0.1) is 23.1 Å². The smallest absolute Gasteiger partial charge is 0.151 e. The lowest BCUT2D eigenvalue weighted by Gasteiger charge is -2.10. The molecule has 0 saturated carbocycles. The van der Waals surface area contributed by atoms with Crippen LogP contribution >= 0.6 is 34.9 Å². The standard InChI is InChI=1S/C14H17NS3/c1-4-10(2)11(3)16-9-17-14-15-12-7-5-6-8-13(12)18-14/h4-8,11H,9H2,1-3H3. The minimum atomic E-state index is 0.594. The fourth-order valence-electron chi connectivity index (χ4n) is 1.47. The first-order valence-corrected chi connectivity index (χ1v) is 8.78. The number of fused-ring (bicyclic) bond motifs is 1. The van der Waals surface area contributed by atoms with Crippen molar-refractivity contribution in [1.82, 2.24) is 4.98 Å². The Morgan fingerprint density at radius 1 is 1.44 bits per heavy atom. The number of para-hydroxylation sites is 1. The van der Waals surface area contributed by atoms with Crippen molar-refractivity contribution < 1.29 is 0 Å². The molecule has 0 spiro atoms. The van der Waals surface area contributed by atoms with Gasteiger partial charge < -0.3 is 0 Å². The van der Waals surface area contributed by atoms with Crippen molar-refractivity contribution in [3.63, 3.8) is 0 Å². The molecule has 0 aliphatic carbocycles. The summed E-state index contributed by atoms with van der Waals surface area (Å²) in [7, 11) is 0. The molecule has 1 aromatic heterocycles. The monoisotopic (exact) mass is 295 g/mol. The Kier molecular flexibility index (Phi) is 5.15. The van der Waals surface area contributed by atoms with E-state index in [1.807, 2.05) is 29.6 Å². The molecule has 18 heavy (non-hydrogen) atoms. The molecular weight excluding hydrogens is 278 g/mol. The summed E-state index contributed by atoms with van der Waals surface area (Å²) in [5, 5.41) is 1.66. The summed E-state index contributed by atoms with van der Waals surface area (Å²) < 4.78 is 2.46. The molecule has 1 atom stereocenters. The molecule has 0 aliphatic rings. The molecule has 1 heterocycles. The normalized spacial score (nSPS) is 14.1. The average molecular weight is 295 g/mol. The number of rotatable bonds is 5. The first-order chi connectivity index (χ1) is 8.70. The van der Waals surface area contributed by atoms with Gasteiger partial charge in [-0.3, -0.25) is 0 Å². The molecule has 1 unspecified atom stereocenters. The van der Waals surface area contributed by atoms with Crippen LogP contribution in [-0.4, -0.2) is 15.3 Å². The number of allylic oxidation sites excluding steroid dienone is 1. The van der Waals surface area contributed by atoms with E-state index in [0.29, 0.717) is 5.25 Å². The minimum Gasteiger partial charge on any atom is -0.230 e. The second kappa shape index (κ2) is 6.64. The zero-order valence-electron chi connectivity index (χ0n) is 10.8. The van der Waals surface area contributed by atoms with E-state index in [9.17, 15) is 0 Å². The lowest BCUT2D eigenvalue weighted by Crippen LogP contribution is -1.97. The van der Waals surface area contributed by atoms with Crippen molar-refractivity contribution in [2.75, 3.05) is 5.08 Å². The molecule has 0 aliphatic heterocycles. The van der Waals surface area contributed by atoms with E-state index in [-0.39, 0.29) is 0 Å². The summed E-state index contributed by atoms with van der Waals surface area (Å²) in [4.78, 5) is 4.63. The average Bonchev–Trinajstić information content (AvgIpc) is 2.80. The Morgan fingerprint density at radius 2 is 2.22 bits per heavy atom. The van der Waals surface area contributed by atoms with Gasteiger partial charge in [-0.05, 0) is 32.9 Å². The molecule has 0 N–H and O–H groups in total. The number of hydrogen-bond donors (Lipinski definition) is 0. The Bertz CT molecular complexity index is 512. The third kappa shape index (κ3) is 3.53. The molecule has 0 radical (unpaired) electrons. The molecular formula is C14H17NS3. The van der Waals surface area contributed by atoms with Crippen LogP contribution in [0.25, 0.3) is 10.2 Å². The highest BCUT2D eigenvalue weighted by molar-refractivity contribution is 8.17. The van der Waals surface area contributed by atoms with Crippen LogP contribution in [0.2, 0.25) is 0 Å². The van der Waals surface area contributed by atoms with Crippen LogP contribution < -0.4 is 0 Å². The lowest BCUT2D eigenvalue weighted by molar-refractivity contribution is 1.11. The van der Waals surface area contributed by atoms with Crippen molar-refractivity contribution in [1.29, 1.82) is 0 Å². The summed E-state index contributed by atoms with van der Waals surface area (Å²) in [5.74, 6) is 0. The van der Waals surface area contributed by atoms with Gasteiger partial charge in [0.1, 0.15) is 0 Å². The maximum Gasteiger partial charge on any atom is 0.151 e. The van der Waals surface area contributed by atoms with E-state index in [2.05, 4.69) is 50.0 Å². The summed E-state index contributed by atoms with van der Waals surface area (Å²) >= 11 is 5.61. The number of hydrogen-bond acceptors (Lipinski definition) is 4. The number of aromatic nitrogens is 1. The van der Waals surface area contributed by atoms with Gasteiger partial charge in [-0.1, -0.05) is 35.5 Å². The molecule has 2 aromatic rings. The molecule has 0 bridgehead atoms. The lowest BCUT2D eigenvalue weighted by atomic mass is 10.2. The third-order valence-corrected chi connectivity index (χ3v) is 6.53. The van der Waals surface area contributed by atoms with Crippen LogP contribution in [0.3, 0.4) is 0 Å². The van der Waals surface area contributed by atoms with E-state index < -0.39 is 0 Å². The van der Waals surface area contributed by atoms with Gasteiger partial charge in [-0.2, -0.15) is 0 Å². The van der Waals surface area contributed by atoms with Crippen molar-refractivity contribution >= 4 is 45.1 Å². The van der Waals surface area contributed by atoms with Gasteiger partial charge in [-0.25, -0.2) is 4.98 Å². The van der Waals surface area contributed by atoms with Crippen LogP contribution in [0, 0.1) is 0 Å². The van der Waals surface area contributed by atoms with E-state index in [4.69, 9.17) is 0 Å². The van der Waals surface area contributed by atoms with Crippen molar-refractivity contribution in [3.8, 4) is 0 Å². The maximum atomic E-state index is 4.63. The summed E-state index contributed by atoms with van der Waals surface area (Å²) in [5.41, 5.74) is 2.57. The molecule has 0 amide bonds. The molecule has 2 rings (SSSR count). The van der Waals surface area contributed by atoms with Gasteiger partial charge in [0, 0.05) is 10.3 Å². The fourth-order valence-corrected chi connectivity index (χ4v) is 5.15. The second-order valence-electron chi connectivity index (χ2n) is 4.05. The molecule has 1 nitrogen and oxygen atoms in total. The summed E-state index contributed by atoms with van der Waals surface area (Å²) in [6.45, 7) is 6.56. The quantitative estimate of drug-likeness (QED) is 0.414. The molecule has 4 heteroatoms. The van der Waals surface area contributed by atoms with Gasteiger partial charge in [0.05, 0.1) is 10.2 Å². The predicted molar refractivity (Wildman–Crippen MR) is 86.8 cm³/mol. The molecule has 0 saturated heterocycles. The third-order valence-electron chi connectivity index (χ3n) is 2.87. The topological polar surface area (TPSA) is 12.9 Å². The van der Waals surface area contributed by atoms with Gasteiger partial charge in [0.2, 0.25) is 0 Å². The van der Waals surface area contributed by atoms with E-state index in [0.717, 1.165) is 10.6 Å². The SMILES string of the molecule is CC=C(C)C(C)SCSc1nc2ccccc2s1. The first-order valence-electron chi connectivity index (χ1n) is 5.93. The van der Waals surface area contributed by atoms with Crippen LogP contribution in [0.15, 0.2) is 40.3 Å². The van der Waals surface area contributed by atoms with Crippen molar-refractivity contribution in [2.24, 2.45) is 0 Å². The van der Waals surface area contributed by atoms with Gasteiger partial charge in [0.25, 0.3) is 0 Å². The largest absolute Gasteiger partial charge is 0.230 e. The van der Waals surface area contributed by atoms with Crippen molar-refractivity contribution in [3.05, 3.63) is 35.9 Å². The van der Waals surface area contributed by atoms with E-state index in [1.54, 1.807) is 11.3 Å². The van der Waals surface area contributed by atoms with Crippen LogP contribution in [0.4, 0.5) is 0 Å². The molecule has 0 fully saturated rings. The number of thioether (sulfide) groups is 2. The van der Waals surface area contributed by atoms with Crippen LogP contribution in [0.5, 0.6) is 0 Å².